The highest BCUT2D eigenvalue weighted by Gasteiger charge is 2.41. The first kappa shape index (κ1) is 10.9. The van der Waals surface area contributed by atoms with Gasteiger partial charge in [0, 0.05) is 6.42 Å². The van der Waals surface area contributed by atoms with Crippen LogP contribution in [0.3, 0.4) is 0 Å². The Labute approximate surface area is 92.3 Å². The van der Waals surface area contributed by atoms with Crippen LogP contribution < -0.4 is 0 Å². The number of hydrogen-bond donors (Lipinski definition) is 0. The monoisotopic (exact) mass is 224 g/mol. The lowest BCUT2D eigenvalue weighted by molar-refractivity contribution is -0.158. The van der Waals surface area contributed by atoms with Crippen LogP contribution in [0.25, 0.3) is 0 Å². The second kappa shape index (κ2) is 4.49. The zero-order chi connectivity index (χ0) is 11.5. The first-order chi connectivity index (χ1) is 7.72. The molecule has 0 radical (unpaired) electrons. The van der Waals surface area contributed by atoms with Crippen LogP contribution in [0, 0.1) is 0 Å². The van der Waals surface area contributed by atoms with E-state index in [1.54, 1.807) is 19.1 Å². The van der Waals surface area contributed by atoms with Gasteiger partial charge in [-0.2, -0.15) is 0 Å². The van der Waals surface area contributed by atoms with Gasteiger partial charge in [0.15, 0.2) is 5.78 Å². The third kappa shape index (κ3) is 1.99. The van der Waals surface area contributed by atoms with Gasteiger partial charge in [-0.1, -0.05) is 0 Å². The van der Waals surface area contributed by atoms with Gasteiger partial charge in [-0.05, 0) is 19.1 Å². The molecule has 1 aromatic rings. The molecule has 0 N–H and O–H groups in total. The number of rotatable bonds is 3. The fourth-order valence-electron chi connectivity index (χ4n) is 1.63. The largest absolute Gasteiger partial charge is 0.467 e. The molecule has 1 fully saturated rings. The van der Waals surface area contributed by atoms with E-state index in [0.29, 0.717) is 5.76 Å². The van der Waals surface area contributed by atoms with E-state index < -0.39 is 18.2 Å². The van der Waals surface area contributed by atoms with Gasteiger partial charge in [-0.3, -0.25) is 4.79 Å². The zero-order valence-corrected chi connectivity index (χ0v) is 8.84. The minimum Gasteiger partial charge on any atom is -0.467 e. The van der Waals surface area contributed by atoms with Gasteiger partial charge >= 0.3 is 5.97 Å². The first-order valence-electron chi connectivity index (χ1n) is 5.10. The van der Waals surface area contributed by atoms with Crippen molar-refractivity contribution in [3.8, 4) is 0 Å². The third-order valence-electron chi connectivity index (χ3n) is 2.34. The maximum Gasteiger partial charge on any atom is 0.343 e. The molecular weight excluding hydrogens is 212 g/mol. The number of ketones is 1. The molecule has 2 atom stereocenters. The summed E-state index contributed by atoms with van der Waals surface area (Å²) in [5, 5.41) is 0. The maximum absolute atomic E-state index is 11.5. The highest BCUT2D eigenvalue weighted by molar-refractivity contribution is 6.03. The molecule has 1 aromatic heterocycles. The van der Waals surface area contributed by atoms with Crippen LogP contribution in [0.2, 0.25) is 0 Å². The van der Waals surface area contributed by atoms with Crippen molar-refractivity contribution in [2.45, 2.75) is 25.6 Å². The molecule has 86 valence electrons. The quantitative estimate of drug-likeness (QED) is 0.571. The van der Waals surface area contributed by atoms with E-state index in [9.17, 15) is 9.59 Å². The minimum absolute atomic E-state index is 0.150. The van der Waals surface area contributed by atoms with Gasteiger partial charge in [0.05, 0.1) is 12.9 Å². The lowest BCUT2D eigenvalue weighted by Gasteiger charge is -2.09. The number of carbonyl (C=O) groups excluding carboxylic acids is 2. The van der Waals surface area contributed by atoms with Gasteiger partial charge < -0.3 is 13.9 Å². The molecule has 0 amide bonds. The third-order valence-corrected chi connectivity index (χ3v) is 2.34. The molecule has 2 heterocycles. The summed E-state index contributed by atoms with van der Waals surface area (Å²) in [6.07, 6.45) is 0.0738. The van der Waals surface area contributed by atoms with E-state index in [2.05, 4.69) is 0 Å². The molecule has 2 rings (SSSR count). The van der Waals surface area contributed by atoms with Crippen molar-refractivity contribution in [2.24, 2.45) is 0 Å². The SMILES string of the molecule is CCOC(=O)C1OC(c2ccco2)CC1=O. The van der Waals surface area contributed by atoms with Gasteiger partial charge in [0.25, 0.3) is 0 Å². The number of Topliss-reactive ketones (excluding diaryl/α,β-unsaturated/α-hetero) is 1. The Balaban J connectivity index is 2.04. The number of hydrogen-bond acceptors (Lipinski definition) is 5. The standard InChI is InChI=1S/C11H12O5/c1-2-14-11(13)10-7(12)6-9(16-10)8-4-3-5-15-8/h3-5,9-10H,2,6H2,1H3. The molecule has 0 bridgehead atoms. The van der Waals surface area contributed by atoms with Crippen molar-refractivity contribution in [2.75, 3.05) is 6.61 Å². The van der Waals surface area contributed by atoms with E-state index >= 15 is 0 Å². The Morgan fingerprint density at radius 2 is 2.44 bits per heavy atom. The molecule has 5 nitrogen and oxygen atoms in total. The zero-order valence-electron chi connectivity index (χ0n) is 8.84. The normalized spacial score (nSPS) is 24.7. The maximum atomic E-state index is 11.5. The van der Waals surface area contributed by atoms with E-state index in [1.165, 1.54) is 6.26 Å². The lowest BCUT2D eigenvalue weighted by atomic mass is 10.1. The molecule has 0 aliphatic carbocycles. The Bertz CT molecular complexity index is 381. The first-order valence-corrected chi connectivity index (χ1v) is 5.10. The lowest BCUT2D eigenvalue weighted by Crippen LogP contribution is -2.28. The van der Waals surface area contributed by atoms with Crippen LogP contribution in [-0.2, 0) is 19.1 Å². The van der Waals surface area contributed by atoms with Crippen LogP contribution in [0.5, 0.6) is 0 Å². The summed E-state index contributed by atoms with van der Waals surface area (Å²) >= 11 is 0. The van der Waals surface area contributed by atoms with E-state index in [-0.39, 0.29) is 18.8 Å². The molecule has 0 spiro atoms. The van der Waals surface area contributed by atoms with E-state index in [4.69, 9.17) is 13.9 Å². The molecule has 2 unspecified atom stereocenters. The summed E-state index contributed by atoms with van der Waals surface area (Å²) < 4.78 is 15.2. The van der Waals surface area contributed by atoms with Crippen molar-refractivity contribution in [1.29, 1.82) is 0 Å². The van der Waals surface area contributed by atoms with Crippen molar-refractivity contribution in [1.82, 2.24) is 0 Å². The molecule has 0 saturated carbocycles. The minimum atomic E-state index is -1.10. The predicted molar refractivity (Wildman–Crippen MR) is 52.6 cm³/mol. The van der Waals surface area contributed by atoms with Gasteiger partial charge in [-0.25, -0.2) is 4.79 Å². The summed E-state index contributed by atoms with van der Waals surface area (Å²) in [5.74, 6) is -0.332. The highest BCUT2D eigenvalue weighted by Crippen LogP contribution is 2.31. The fraction of sp³-hybridized carbons (Fsp3) is 0.455. The molecule has 5 heteroatoms. The number of ether oxygens (including phenoxy) is 2. The summed E-state index contributed by atoms with van der Waals surface area (Å²) in [4.78, 5) is 22.9. The van der Waals surface area contributed by atoms with Crippen LogP contribution in [-0.4, -0.2) is 24.5 Å². The van der Waals surface area contributed by atoms with E-state index in [0.717, 1.165) is 0 Å². The Morgan fingerprint density at radius 1 is 1.62 bits per heavy atom. The summed E-state index contributed by atoms with van der Waals surface area (Å²) in [5.41, 5.74) is 0. The fourth-order valence-corrected chi connectivity index (χ4v) is 1.63. The van der Waals surface area contributed by atoms with Crippen LogP contribution >= 0.6 is 0 Å². The van der Waals surface area contributed by atoms with Crippen molar-refractivity contribution in [3.05, 3.63) is 24.2 Å². The molecule has 1 aliphatic heterocycles. The molecule has 0 aromatic carbocycles. The van der Waals surface area contributed by atoms with E-state index in [1.807, 2.05) is 0 Å². The smallest absolute Gasteiger partial charge is 0.343 e. The van der Waals surface area contributed by atoms with Crippen molar-refractivity contribution >= 4 is 11.8 Å². The van der Waals surface area contributed by atoms with Crippen molar-refractivity contribution < 1.29 is 23.5 Å². The Kier molecular flexibility index (Phi) is 3.05. The Hall–Kier alpha value is -1.62. The van der Waals surface area contributed by atoms with Crippen LogP contribution in [0.15, 0.2) is 22.8 Å². The highest BCUT2D eigenvalue weighted by atomic mass is 16.6. The average Bonchev–Trinajstić information content (AvgIpc) is 2.86. The molecular formula is C11H12O5. The summed E-state index contributed by atoms with van der Waals surface area (Å²) in [7, 11) is 0. The number of furan rings is 1. The summed E-state index contributed by atoms with van der Waals surface area (Å²) in [6.45, 7) is 1.92. The summed E-state index contributed by atoms with van der Waals surface area (Å²) in [6, 6.07) is 3.42. The number of carbonyl (C=O) groups is 2. The van der Waals surface area contributed by atoms with Crippen molar-refractivity contribution in [3.63, 3.8) is 0 Å². The topological polar surface area (TPSA) is 65.7 Å². The van der Waals surface area contributed by atoms with Gasteiger partial charge in [0.1, 0.15) is 11.9 Å². The number of esters is 1. The predicted octanol–water partition coefficient (Wildman–Crippen LogP) is 1.24. The second-order valence-electron chi connectivity index (χ2n) is 3.44. The van der Waals surface area contributed by atoms with Gasteiger partial charge in [0.2, 0.25) is 6.10 Å². The molecule has 16 heavy (non-hydrogen) atoms. The second-order valence-corrected chi connectivity index (χ2v) is 3.44. The average molecular weight is 224 g/mol. The van der Waals surface area contributed by atoms with Gasteiger partial charge in [-0.15, -0.1) is 0 Å². The van der Waals surface area contributed by atoms with Crippen LogP contribution in [0.4, 0.5) is 0 Å². The molecule has 1 saturated heterocycles. The Morgan fingerprint density at radius 3 is 3.06 bits per heavy atom. The molecule has 1 aliphatic rings. The van der Waals surface area contributed by atoms with Crippen LogP contribution in [0.1, 0.15) is 25.2 Å².